The van der Waals surface area contributed by atoms with E-state index in [1.165, 1.54) is 12.8 Å². The van der Waals surface area contributed by atoms with Crippen LogP contribution in [0.4, 0.5) is 0 Å². The topological polar surface area (TPSA) is 55.6 Å². The molecule has 3 saturated heterocycles. The summed E-state index contributed by atoms with van der Waals surface area (Å²) >= 11 is 0. The van der Waals surface area contributed by atoms with Crippen molar-refractivity contribution in [1.82, 2.24) is 4.90 Å². The van der Waals surface area contributed by atoms with Gasteiger partial charge >= 0.3 is 0 Å². The Morgan fingerprint density at radius 1 is 1.38 bits per heavy atom. The Morgan fingerprint density at radius 3 is 2.44 bits per heavy atom. The van der Waals surface area contributed by atoms with Crippen molar-refractivity contribution in [3.05, 3.63) is 0 Å². The molecule has 4 nitrogen and oxygen atoms in total. The summed E-state index contributed by atoms with van der Waals surface area (Å²) in [6.45, 7) is 4.17. The quantitative estimate of drug-likeness (QED) is 0.730. The highest BCUT2D eigenvalue weighted by molar-refractivity contribution is 5.79. The van der Waals surface area contributed by atoms with Gasteiger partial charge in [-0.05, 0) is 12.8 Å². The van der Waals surface area contributed by atoms with Crippen LogP contribution < -0.4 is 5.73 Å². The van der Waals surface area contributed by atoms with E-state index < -0.39 is 0 Å². The number of rotatable bonds is 2. The fourth-order valence-corrected chi connectivity index (χ4v) is 3.55. The number of nitrogens with two attached hydrogens (primary N) is 1. The fourth-order valence-electron chi connectivity index (χ4n) is 3.55. The molecule has 2 N–H and O–H groups in total. The average molecular weight is 224 g/mol. The molecule has 0 aromatic carbocycles. The zero-order valence-electron chi connectivity index (χ0n) is 9.76. The van der Waals surface area contributed by atoms with Crippen LogP contribution in [0, 0.1) is 17.8 Å². The average Bonchev–Trinajstić information content (AvgIpc) is 2.97. The minimum atomic E-state index is -0.0302. The maximum Gasteiger partial charge on any atom is 0.226 e. The van der Waals surface area contributed by atoms with Gasteiger partial charge in [-0.3, -0.25) is 4.79 Å². The van der Waals surface area contributed by atoms with Gasteiger partial charge in [-0.1, -0.05) is 6.92 Å². The highest BCUT2D eigenvalue weighted by atomic mass is 16.5. The summed E-state index contributed by atoms with van der Waals surface area (Å²) in [4.78, 5) is 14.1. The molecule has 3 aliphatic rings. The lowest BCUT2D eigenvalue weighted by Crippen LogP contribution is -2.37. The van der Waals surface area contributed by atoms with Crippen molar-refractivity contribution in [2.45, 2.75) is 32.0 Å². The number of likely N-dealkylation sites (tertiary alicyclic amines) is 1. The second-order valence-corrected chi connectivity index (χ2v) is 5.50. The first-order chi connectivity index (χ1) is 7.70. The molecule has 0 radical (unpaired) electrons. The van der Waals surface area contributed by atoms with E-state index in [4.69, 9.17) is 10.5 Å². The molecule has 0 aromatic heterocycles. The van der Waals surface area contributed by atoms with Crippen molar-refractivity contribution < 1.29 is 9.53 Å². The van der Waals surface area contributed by atoms with Crippen LogP contribution >= 0.6 is 0 Å². The number of carbonyl (C=O) groups is 1. The molecular weight excluding hydrogens is 204 g/mol. The number of amides is 1. The molecule has 5 atom stereocenters. The molecule has 90 valence electrons. The Morgan fingerprint density at radius 2 is 1.94 bits per heavy atom. The third kappa shape index (κ3) is 1.39. The van der Waals surface area contributed by atoms with E-state index in [2.05, 4.69) is 0 Å². The van der Waals surface area contributed by atoms with Gasteiger partial charge < -0.3 is 15.4 Å². The number of fused-ring (bicyclic) bond motifs is 5. The summed E-state index contributed by atoms with van der Waals surface area (Å²) in [6, 6.07) is 0. The predicted octanol–water partition coefficient (Wildman–Crippen LogP) is 0.217. The third-order valence-electron chi connectivity index (χ3n) is 4.54. The lowest BCUT2D eigenvalue weighted by atomic mass is 9.82. The minimum Gasteiger partial charge on any atom is -0.374 e. The second-order valence-electron chi connectivity index (χ2n) is 5.50. The molecular formula is C12H20N2O2. The van der Waals surface area contributed by atoms with Gasteiger partial charge in [0, 0.05) is 37.4 Å². The van der Waals surface area contributed by atoms with E-state index in [0.29, 0.717) is 30.6 Å². The van der Waals surface area contributed by atoms with Gasteiger partial charge in [0.05, 0.1) is 12.2 Å². The van der Waals surface area contributed by atoms with Gasteiger partial charge in [0.25, 0.3) is 0 Å². The first kappa shape index (κ1) is 10.5. The molecule has 2 bridgehead atoms. The summed E-state index contributed by atoms with van der Waals surface area (Å²) in [5, 5.41) is 0. The van der Waals surface area contributed by atoms with E-state index in [1.807, 2.05) is 11.8 Å². The summed E-state index contributed by atoms with van der Waals surface area (Å²) in [7, 11) is 0. The van der Waals surface area contributed by atoms with E-state index in [9.17, 15) is 4.79 Å². The highest BCUT2D eigenvalue weighted by Gasteiger charge is 2.53. The number of nitrogens with zero attached hydrogens (tertiary/aromatic N) is 1. The van der Waals surface area contributed by atoms with Crippen LogP contribution in [0.2, 0.25) is 0 Å². The van der Waals surface area contributed by atoms with Crippen molar-refractivity contribution in [2.75, 3.05) is 19.6 Å². The normalized spacial score (nSPS) is 42.5. The Labute approximate surface area is 96.1 Å². The first-order valence-corrected chi connectivity index (χ1v) is 6.35. The summed E-state index contributed by atoms with van der Waals surface area (Å²) in [5.41, 5.74) is 5.55. The lowest BCUT2D eigenvalue weighted by Gasteiger charge is -2.21. The fraction of sp³-hybridized carbons (Fsp3) is 0.917. The number of hydrogen-bond acceptors (Lipinski definition) is 3. The molecule has 5 unspecified atom stereocenters. The molecule has 3 heterocycles. The van der Waals surface area contributed by atoms with E-state index in [0.717, 1.165) is 13.1 Å². The first-order valence-electron chi connectivity index (χ1n) is 6.35. The van der Waals surface area contributed by atoms with Crippen molar-refractivity contribution >= 4 is 5.91 Å². The van der Waals surface area contributed by atoms with E-state index >= 15 is 0 Å². The Bertz CT molecular complexity index is 289. The Balaban J connectivity index is 1.68. The zero-order chi connectivity index (χ0) is 11.3. The van der Waals surface area contributed by atoms with E-state index in [1.54, 1.807) is 0 Å². The van der Waals surface area contributed by atoms with E-state index in [-0.39, 0.29) is 11.8 Å². The van der Waals surface area contributed by atoms with Crippen LogP contribution in [0.5, 0.6) is 0 Å². The molecule has 3 rings (SSSR count). The maximum absolute atomic E-state index is 12.0. The number of carbonyl (C=O) groups excluding carboxylic acids is 1. The Hall–Kier alpha value is -0.610. The van der Waals surface area contributed by atoms with Gasteiger partial charge in [-0.2, -0.15) is 0 Å². The SMILES string of the molecule is CC(CN)C(=O)N1CC2C3CCC(O3)C2C1. The van der Waals surface area contributed by atoms with Gasteiger partial charge in [0.2, 0.25) is 5.91 Å². The van der Waals surface area contributed by atoms with Crippen LogP contribution in [-0.2, 0) is 9.53 Å². The molecule has 0 aromatic rings. The standard InChI is InChI=1S/C12H20N2O2/c1-7(4-13)12(15)14-5-8-9(6-14)11-3-2-10(8)16-11/h7-11H,2-6,13H2,1H3. The molecule has 0 saturated carbocycles. The van der Waals surface area contributed by atoms with Crippen LogP contribution in [0.1, 0.15) is 19.8 Å². The van der Waals surface area contributed by atoms with Gasteiger partial charge in [-0.25, -0.2) is 0 Å². The monoisotopic (exact) mass is 224 g/mol. The van der Waals surface area contributed by atoms with Gasteiger partial charge in [0.15, 0.2) is 0 Å². The molecule has 0 spiro atoms. The number of hydrogen-bond donors (Lipinski definition) is 1. The minimum absolute atomic E-state index is 0.0302. The smallest absolute Gasteiger partial charge is 0.226 e. The van der Waals surface area contributed by atoms with Crippen molar-refractivity contribution in [1.29, 1.82) is 0 Å². The van der Waals surface area contributed by atoms with Crippen LogP contribution in [0.3, 0.4) is 0 Å². The molecule has 0 aliphatic carbocycles. The van der Waals surface area contributed by atoms with Crippen LogP contribution in [0.15, 0.2) is 0 Å². The highest BCUT2D eigenvalue weighted by Crippen LogP contribution is 2.47. The van der Waals surface area contributed by atoms with Crippen LogP contribution in [-0.4, -0.2) is 42.6 Å². The molecule has 3 fully saturated rings. The molecule has 16 heavy (non-hydrogen) atoms. The lowest BCUT2D eigenvalue weighted by molar-refractivity contribution is -0.134. The summed E-state index contributed by atoms with van der Waals surface area (Å²) in [6.07, 6.45) is 3.25. The maximum atomic E-state index is 12.0. The molecule has 4 heteroatoms. The Kier molecular flexibility index (Phi) is 2.44. The van der Waals surface area contributed by atoms with Crippen molar-refractivity contribution in [3.63, 3.8) is 0 Å². The molecule has 1 amide bonds. The third-order valence-corrected chi connectivity index (χ3v) is 4.54. The number of ether oxygens (including phenoxy) is 1. The molecule has 3 aliphatic heterocycles. The summed E-state index contributed by atoms with van der Waals surface area (Å²) in [5.74, 6) is 1.41. The van der Waals surface area contributed by atoms with Crippen molar-refractivity contribution in [3.8, 4) is 0 Å². The predicted molar refractivity (Wildman–Crippen MR) is 59.7 cm³/mol. The zero-order valence-corrected chi connectivity index (χ0v) is 9.76. The van der Waals surface area contributed by atoms with Gasteiger partial charge in [0.1, 0.15) is 0 Å². The van der Waals surface area contributed by atoms with Crippen LogP contribution in [0.25, 0.3) is 0 Å². The van der Waals surface area contributed by atoms with Crippen molar-refractivity contribution in [2.24, 2.45) is 23.5 Å². The largest absolute Gasteiger partial charge is 0.374 e. The van der Waals surface area contributed by atoms with Gasteiger partial charge in [-0.15, -0.1) is 0 Å². The second kappa shape index (κ2) is 3.70. The summed E-state index contributed by atoms with van der Waals surface area (Å²) < 4.78 is 5.89.